The molecule has 2 atom stereocenters. The first-order valence-corrected chi connectivity index (χ1v) is 17.7. The van der Waals surface area contributed by atoms with Gasteiger partial charge in [0.25, 0.3) is 0 Å². The number of carbonyl (C=O) groups is 1. The van der Waals surface area contributed by atoms with Gasteiger partial charge in [-0.3, -0.25) is 0 Å². The summed E-state index contributed by atoms with van der Waals surface area (Å²) < 4.78 is 49.4. The van der Waals surface area contributed by atoms with E-state index in [-0.39, 0.29) is 18.1 Å². The first-order valence-electron chi connectivity index (χ1n) is 15.9. The van der Waals surface area contributed by atoms with Crippen LogP contribution in [0, 0.1) is 0 Å². The molecule has 0 amide bonds. The maximum atomic E-state index is 13.4. The van der Waals surface area contributed by atoms with Crippen molar-refractivity contribution in [2.24, 2.45) is 7.05 Å². The lowest BCUT2D eigenvalue weighted by atomic mass is 9.92. The van der Waals surface area contributed by atoms with Crippen molar-refractivity contribution in [3.8, 4) is 20.9 Å². The molecule has 1 aliphatic rings. The monoisotopic (exact) mass is 703 g/mol. The Kier molecular flexibility index (Phi) is 10.6. The lowest BCUT2D eigenvalue weighted by Crippen LogP contribution is -2.33. The van der Waals surface area contributed by atoms with Gasteiger partial charge in [-0.1, -0.05) is 36.4 Å². The van der Waals surface area contributed by atoms with Crippen molar-refractivity contribution in [2.75, 3.05) is 4.90 Å². The Morgan fingerprint density at radius 2 is 1.27 bits per heavy atom. The quantitative estimate of drug-likeness (QED) is 0.0686. The summed E-state index contributed by atoms with van der Waals surface area (Å²) in [5.74, 6) is -0.267. The van der Waals surface area contributed by atoms with Gasteiger partial charge in [-0.25, -0.2) is 13.9 Å². The molecule has 5 nitrogen and oxygen atoms in total. The van der Waals surface area contributed by atoms with E-state index in [1.54, 1.807) is 22.7 Å². The number of aromatic nitrogens is 2. The van der Waals surface area contributed by atoms with Crippen molar-refractivity contribution in [3.63, 3.8) is 0 Å². The van der Waals surface area contributed by atoms with E-state index < -0.39 is 7.25 Å². The molecule has 1 aliphatic carbocycles. The Balaban J connectivity index is 0.000000778. The van der Waals surface area contributed by atoms with Crippen LogP contribution < -0.4 is 9.47 Å². The van der Waals surface area contributed by atoms with E-state index in [9.17, 15) is 22.1 Å². The number of ether oxygens (including phenoxy) is 1. The summed E-state index contributed by atoms with van der Waals surface area (Å²) in [6.45, 7) is 0. The third-order valence-corrected chi connectivity index (χ3v) is 10.2. The number of aryl methyl sites for hydroxylation is 1. The van der Waals surface area contributed by atoms with Crippen LogP contribution in [0.5, 0.6) is 0 Å². The van der Waals surface area contributed by atoms with Crippen molar-refractivity contribution >= 4 is 53.0 Å². The van der Waals surface area contributed by atoms with Crippen molar-refractivity contribution in [2.45, 2.75) is 37.8 Å². The minimum Gasteiger partial charge on any atom is -0.454 e. The maximum Gasteiger partial charge on any atom is 0.673 e. The highest BCUT2D eigenvalue weighted by atomic mass is 32.1. The molecule has 0 spiro atoms. The van der Waals surface area contributed by atoms with E-state index in [0.717, 1.165) is 42.7 Å². The maximum absolute atomic E-state index is 13.4. The predicted octanol–water partition coefficient (Wildman–Crippen LogP) is 10.9. The number of imidazole rings is 1. The summed E-state index contributed by atoms with van der Waals surface area (Å²) in [6, 6.07) is 33.8. The highest BCUT2D eigenvalue weighted by Gasteiger charge is 2.33. The van der Waals surface area contributed by atoms with Gasteiger partial charge < -0.3 is 26.9 Å². The van der Waals surface area contributed by atoms with E-state index in [2.05, 4.69) is 106 Å². The van der Waals surface area contributed by atoms with Crippen molar-refractivity contribution in [1.29, 1.82) is 0 Å². The second-order valence-electron chi connectivity index (χ2n) is 11.7. The Hall–Kier alpha value is -4.68. The fourth-order valence-corrected chi connectivity index (χ4v) is 7.52. The highest BCUT2D eigenvalue weighted by Crippen LogP contribution is 2.38. The van der Waals surface area contributed by atoms with Gasteiger partial charge in [0.2, 0.25) is 6.33 Å². The molecule has 0 N–H and O–H groups in total. The minimum atomic E-state index is -6.00. The smallest absolute Gasteiger partial charge is 0.454 e. The number of esters is 1. The van der Waals surface area contributed by atoms with Crippen LogP contribution in [0.4, 0.5) is 34.3 Å². The first-order chi connectivity index (χ1) is 23.6. The molecule has 3 heterocycles. The standard InChI is InChI=1S/C37H34N3O2S2.BF4/c1-38-22-23-39(26-38)33-6-2-3-7-34(33)42-37(41)29-14-20-32(21-15-29)40(30-16-10-27(11-17-30)35-8-4-24-43-35)31-18-12-28(13-19-31)36-9-5-25-44-36;2-1(3,4)5/h4-5,8-26,33-34H,2-3,6-7H2,1H3;/q+1;-1. The third-order valence-electron chi connectivity index (χ3n) is 8.32. The summed E-state index contributed by atoms with van der Waals surface area (Å²) in [6.07, 6.45) is 10.2. The van der Waals surface area contributed by atoms with Gasteiger partial charge in [0.15, 0.2) is 0 Å². The molecule has 0 radical (unpaired) electrons. The van der Waals surface area contributed by atoms with Gasteiger partial charge >= 0.3 is 13.2 Å². The lowest BCUT2D eigenvalue weighted by molar-refractivity contribution is -0.671. The number of carbonyl (C=O) groups excluding carboxylic acids is 1. The molecule has 12 heteroatoms. The average molecular weight is 704 g/mol. The van der Waals surface area contributed by atoms with Crippen LogP contribution in [0.25, 0.3) is 20.9 Å². The highest BCUT2D eigenvalue weighted by molar-refractivity contribution is 7.13. The van der Waals surface area contributed by atoms with E-state index in [4.69, 9.17) is 4.74 Å². The van der Waals surface area contributed by atoms with E-state index in [1.165, 1.54) is 20.9 Å². The molecule has 252 valence electrons. The van der Waals surface area contributed by atoms with Gasteiger partial charge in [0.1, 0.15) is 24.5 Å². The van der Waals surface area contributed by atoms with Crippen LogP contribution in [-0.4, -0.2) is 23.9 Å². The molecule has 1 saturated carbocycles. The van der Waals surface area contributed by atoms with Crippen LogP contribution >= 0.6 is 22.7 Å². The summed E-state index contributed by atoms with van der Waals surface area (Å²) in [7, 11) is -3.98. The topological polar surface area (TPSA) is 38.4 Å². The fraction of sp³-hybridized carbons (Fsp3) is 0.189. The Bertz CT molecular complexity index is 1840. The number of hydrogen-bond acceptors (Lipinski definition) is 5. The number of nitrogens with zero attached hydrogens (tertiary/aromatic N) is 3. The predicted molar refractivity (Wildman–Crippen MR) is 190 cm³/mol. The Labute approximate surface area is 290 Å². The van der Waals surface area contributed by atoms with Gasteiger partial charge in [-0.05, 0) is 108 Å². The summed E-state index contributed by atoms with van der Waals surface area (Å²) in [5.41, 5.74) is 6.04. The number of rotatable bonds is 8. The van der Waals surface area contributed by atoms with Gasteiger partial charge in [-0.2, -0.15) is 0 Å². The molecule has 0 saturated heterocycles. The summed E-state index contributed by atoms with van der Waals surface area (Å²) in [4.78, 5) is 18.1. The Morgan fingerprint density at radius 1 is 0.776 bits per heavy atom. The van der Waals surface area contributed by atoms with Gasteiger partial charge in [-0.15, -0.1) is 22.7 Å². The van der Waals surface area contributed by atoms with Crippen molar-refractivity contribution in [3.05, 3.63) is 132 Å². The Morgan fingerprint density at radius 3 is 1.71 bits per heavy atom. The van der Waals surface area contributed by atoms with E-state index in [1.807, 2.05) is 42.1 Å². The molecule has 2 unspecified atom stereocenters. The van der Waals surface area contributed by atoms with Crippen molar-refractivity contribution in [1.82, 2.24) is 4.57 Å². The molecule has 3 aromatic heterocycles. The SMILES string of the molecule is C[n+]1ccn(C2CCCCC2OC(=O)c2ccc(N(c3ccc(-c4cccs4)cc3)c3ccc(-c4cccs4)cc3)cc2)c1.F[B-](F)(F)F. The third kappa shape index (κ3) is 8.87. The molecule has 0 bridgehead atoms. The molecular formula is C37H34BF4N3O2S2. The largest absolute Gasteiger partial charge is 0.673 e. The van der Waals surface area contributed by atoms with Crippen LogP contribution in [0.1, 0.15) is 42.1 Å². The number of hydrogen-bond donors (Lipinski definition) is 0. The molecule has 7 rings (SSSR count). The molecule has 3 aromatic carbocycles. The van der Waals surface area contributed by atoms with Gasteiger partial charge in [0, 0.05) is 26.8 Å². The fourth-order valence-electron chi connectivity index (χ4n) is 6.06. The molecular weight excluding hydrogens is 669 g/mol. The van der Waals surface area contributed by atoms with E-state index in [0.29, 0.717) is 5.56 Å². The summed E-state index contributed by atoms with van der Waals surface area (Å²) >= 11 is 3.48. The molecule has 0 aliphatic heterocycles. The lowest BCUT2D eigenvalue weighted by Gasteiger charge is -2.29. The van der Waals surface area contributed by atoms with Crippen molar-refractivity contribution < 1.29 is 31.4 Å². The molecule has 6 aromatic rings. The zero-order valence-corrected chi connectivity index (χ0v) is 28.3. The summed E-state index contributed by atoms with van der Waals surface area (Å²) in [5, 5.41) is 4.21. The average Bonchev–Trinajstić information content (AvgIpc) is 3.90. The molecule has 49 heavy (non-hydrogen) atoms. The number of thiophene rings is 2. The zero-order chi connectivity index (χ0) is 34.4. The normalized spacial score (nSPS) is 16.0. The minimum absolute atomic E-state index is 0.136. The second kappa shape index (κ2) is 15.3. The van der Waals surface area contributed by atoms with Crippen LogP contribution in [0.15, 0.2) is 127 Å². The number of anilines is 3. The first kappa shape index (κ1) is 34.2. The van der Waals surface area contributed by atoms with Crippen LogP contribution in [-0.2, 0) is 11.8 Å². The van der Waals surface area contributed by atoms with Crippen LogP contribution in [0.3, 0.4) is 0 Å². The zero-order valence-electron chi connectivity index (χ0n) is 26.7. The molecule has 1 fully saturated rings. The second-order valence-corrected chi connectivity index (χ2v) is 13.6. The number of benzene rings is 3. The van der Waals surface area contributed by atoms with E-state index >= 15 is 0 Å². The van der Waals surface area contributed by atoms with Crippen LogP contribution in [0.2, 0.25) is 0 Å². The van der Waals surface area contributed by atoms with Gasteiger partial charge in [0.05, 0.1) is 12.6 Å². The number of halogens is 4.